The van der Waals surface area contributed by atoms with E-state index in [0.717, 1.165) is 6.26 Å². The number of carboxylic acid groups (broad SMARTS) is 1. The van der Waals surface area contributed by atoms with Crippen molar-refractivity contribution in [2.75, 3.05) is 6.26 Å². The Hall–Kier alpha value is -1.58. The summed E-state index contributed by atoms with van der Waals surface area (Å²) in [6, 6.07) is 7.92. The van der Waals surface area contributed by atoms with Crippen LogP contribution in [-0.4, -0.2) is 31.0 Å². The van der Waals surface area contributed by atoms with Gasteiger partial charge in [-0.15, -0.1) is 0 Å². The van der Waals surface area contributed by atoms with Gasteiger partial charge in [-0.2, -0.15) is 5.26 Å². The highest BCUT2D eigenvalue weighted by molar-refractivity contribution is 7.91. The molecule has 19 heavy (non-hydrogen) atoms. The maximum atomic E-state index is 11.7. The molecule has 0 spiro atoms. The molecule has 100 valence electrons. The van der Waals surface area contributed by atoms with E-state index in [1.807, 2.05) is 0 Å². The predicted molar refractivity (Wildman–Crippen MR) is 68.5 cm³/mol. The molecule has 1 N–H and O–H groups in total. The SMILES string of the molecule is CS(=O)(=O)[C@H]1[C@H](c2cccc(Cl)c2)[C@@]1(C#N)C(=O)O. The first-order chi connectivity index (χ1) is 8.75. The third-order valence-corrected chi connectivity index (χ3v) is 5.14. The lowest BCUT2D eigenvalue weighted by Gasteiger charge is -2.02. The van der Waals surface area contributed by atoms with E-state index in [1.165, 1.54) is 6.07 Å². The molecule has 0 amide bonds. The molecule has 7 heteroatoms. The number of rotatable bonds is 3. The van der Waals surface area contributed by atoms with Gasteiger partial charge in [-0.05, 0) is 17.7 Å². The van der Waals surface area contributed by atoms with Crippen LogP contribution in [0.15, 0.2) is 24.3 Å². The molecule has 1 aromatic rings. The molecule has 1 aromatic carbocycles. The third kappa shape index (κ3) is 1.99. The topological polar surface area (TPSA) is 95.2 Å². The van der Waals surface area contributed by atoms with Crippen LogP contribution in [0.3, 0.4) is 0 Å². The van der Waals surface area contributed by atoms with Gasteiger partial charge in [0.15, 0.2) is 15.3 Å². The fraction of sp³-hybridized carbons (Fsp3) is 0.333. The van der Waals surface area contributed by atoms with Crippen LogP contribution in [0.25, 0.3) is 0 Å². The van der Waals surface area contributed by atoms with Crippen LogP contribution in [0.2, 0.25) is 5.02 Å². The van der Waals surface area contributed by atoms with Gasteiger partial charge in [0, 0.05) is 17.2 Å². The van der Waals surface area contributed by atoms with Crippen molar-refractivity contribution < 1.29 is 18.3 Å². The average molecular weight is 300 g/mol. The van der Waals surface area contributed by atoms with Gasteiger partial charge in [0.2, 0.25) is 0 Å². The molecule has 0 heterocycles. The zero-order valence-corrected chi connectivity index (χ0v) is 11.4. The summed E-state index contributed by atoms with van der Waals surface area (Å²) in [6.45, 7) is 0. The first kappa shape index (κ1) is 13.8. The molecule has 1 fully saturated rings. The molecule has 5 nitrogen and oxygen atoms in total. The molecular weight excluding hydrogens is 290 g/mol. The number of hydrogen-bond acceptors (Lipinski definition) is 4. The molecular formula is C12H10ClNO4S. The summed E-state index contributed by atoms with van der Waals surface area (Å²) in [5, 5.41) is 17.5. The van der Waals surface area contributed by atoms with E-state index >= 15 is 0 Å². The Balaban J connectivity index is 2.58. The van der Waals surface area contributed by atoms with Gasteiger partial charge in [-0.1, -0.05) is 23.7 Å². The number of halogens is 1. The minimum Gasteiger partial charge on any atom is -0.480 e. The van der Waals surface area contributed by atoms with E-state index in [0.29, 0.717) is 10.6 Å². The quantitative estimate of drug-likeness (QED) is 0.911. The summed E-state index contributed by atoms with van der Waals surface area (Å²) in [6.07, 6.45) is 0.942. The van der Waals surface area contributed by atoms with Gasteiger partial charge in [0.05, 0.1) is 6.07 Å². The van der Waals surface area contributed by atoms with E-state index in [1.54, 1.807) is 24.3 Å². The predicted octanol–water partition coefficient (Wildman–Crippen LogP) is 1.44. The average Bonchev–Trinajstić information content (AvgIpc) is 2.99. The number of sulfone groups is 1. The molecule has 0 saturated heterocycles. The molecule has 0 unspecified atom stereocenters. The van der Waals surface area contributed by atoms with Crippen LogP contribution in [-0.2, 0) is 14.6 Å². The number of carbonyl (C=O) groups is 1. The molecule has 1 saturated carbocycles. The highest BCUT2D eigenvalue weighted by Gasteiger charge is 2.76. The molecule has 0 aliphatic heterocycles. The summed E-state index contributed by atoms with van der Waals surface area (Å²) in [4.78, 5) is 11.3. The van der Waals surface area contributed by atoms with Gasteiger partial charge < -0.3 is 5.11 Å². The van der Waals surface area contributed by atoms with Gasteiger partial charge in [-0.25, -0.2) is 8.42 Å². The van der Waals surface area contributed by atoms with Crippen molar-refractivity contribution in [2.24, 2.45) is 5.41 Å². The van der Waals surface area contributed by atoms with E-state index < -0.39 is 32.4 Å². The lowest BCUT2D eigenvalue weighted by atomic mass is 10.0. The standard InChI is InChI=1S/C12H10ClNO4S/c1-19(17,18)10-9(12(10,6-14)11(15)16)7-3-2-4-8(13)5-7/h2-5,9-10H,1H3,(H,15,16)/t9-,10-,12+/m0/s1. The monoisotopic (exact) mass is 299 g/mol. The first-order valence-corrected chi connectivity index (χ1v) is 7.67. The van der Waals surface area contributed by atoms with Crippen LogP contribution in [0.1, 0.15) is 11.5 Å². The Kier molecular flexibility index (Phi) is 3.07. The van der Waals surface area contributed by atoms with Crippen LogP contribution in [0, 0.1) is 16.7 Å². The number of nitriles is 1. The van der Waals surface area contributed by atoms with Gasteiger partial charge in [0.25, 0.3) is 0 Å². The van der Waals surface area contributed by atoms with E-state index in [9.17, 15) is 18.3 Å². The lowest BCUT2D eigenvalue weighted by Crippen LogP contribution is -2.21. The van der Waals surface area contributed by atoms with Gasteiger partial charge in [0.1, 0.15) is 5.25 Å². The van der Waals surface area contributed by atoms with Gasteiger partial charge >= 0.3 is 5.97 Å². The smallest absolute Gasteiger partial charge is 0.326 e. The Bertz CT molecular complexity index is 694. The van der Waals surface area contributed by atoms with Crippen LogP contribution >= 0.6 is 11.6 Å². The fourth-order valence-corrected chi connectivity index (χ4v) is 4.48. The van der Waals surface area contributed by atoms with Gasteiger partial charge in [-0.3, -0.25) is 4.79 Å². The summed E-state index contributed by atoms with van der Waals surface area (Å²) in [7, 11) is -3.65. The van der Waals surface area contributed by atoms with Crippen molar-refractivity contribution in [2.45, 2.75) is 11.2 Å². The number of hydrogen-bond donors (Lipinski definition) is 1. The van der Waals surface area contributed by atoms with E-state index in [4.69, 9.17) is 16.9 Å². The number of carboxylic acids is 1. The second kappa shape index (κ2) is 4.22. The number of benzene rings is 1. The van der Waals surface area contributed by atoms with Crippen molar-refractivity contribution in [3.05, 3.63) is 34.9 Å². The molecule has 3 atom stereocenters. The molecule has 1 aliphatic rings. The molecule has 2 rings (SSSR count). The largest absolute Gasteiger partial charge is 0.480 e. The highest BCUT2D eigenvalue weighted by atomic mass is 35.5. The summed E-state index contributed by atoms with van der Waals surface area (Å²) >= 11 is 5.81. The minimum absolute atomic E-state index is 0.369. The maximum Gasteiger partial charge on any atom is 0.326 e. The Morgan fingerprint density at radius 2 is 2.16 bits per heavy atom. The Morgan fingerprint density at radius 3 is 2.53 bits per heavy atom. The second-order valence-corrected chi connectivity index (χ2v) is 7.17. The molecule has 1 aliphatic carbocycles. The second-order valence-electron chi connectivity index (χ2n) is 4.57. The summed E-state index contributed by atoms with van der Waals surface area (Å²) in [5.41, 5.74) is -1.47. The fourth-order valence-electron chi connectivity index (χ4n) is 2.51. The third-order valence-electron chi connectivity index (χ3n) is 3.34. The minimum atomic E-state index is -3.65. The Labute approximate surface area is 115 Å². The number of aliphatic carboxylic acids is 1. The zero-order valence-electron chi connectivity index (χ0n) is 9.87. The highest BCUT2D eigenvalue weighted by Crippen LogP contribution is 2.62. The summed E-state index contributed by atoms with van der Waals surface area (Å²) < 4.78 is 23.4. The summed E-state index contributed by atoms with van der Waals surface area (Å²) in [5.74, 6) is -2.31. The van der Waals surface area contributed by atoms with Crippen LogP contribution in [0.4, 0.5) is 0 Å². The van der Waals surface area contributed by atoms with Crippen molar-refractivity contribution in [3.8, 4) is 6.07 Å². The van der Waals surface area contributed by atoms with Crippen LogP contribution in [0.5, 0.6) is 0 Å². The van der Waals surface area contributed by atoms with E-state index in [-0.39, 0.29) is 0 Å². The molecule has 0 bridgehead atoms. The lowest BCUT2D eigenvalue weighted by molar-refractivity contribution is -0.141. The van der Waals surface area contributed by atoms with Crippen molar-refractivity contribution >= 4 is 27.4 Å². The van der Waals surface area contributed by atoms with E-state index in [2.05, 4.69) is 0 Å². The zero-order chi connectivity index (χ0) is 14.4. The normalized spacial score (nSPS) is 29.5. The van der Waals surface area contributed by atoms with Crippen molar-refractivity contribution in [1.82, 2.24) is 0 Å². The number of nitrogens with zero attached hydrogens (tertiary/aromatic N) is 1. The Morgan fingerprint density at radius 1 is 1.53 bits per heavy atom. The molecule has 0 radical (unpaired) electrons. The maximum absolute atomic E-state index is 11.7. The molecule has 0 aromatic heterocycles. The van der Waals surface area contributed by atoms with Crippen molar-refractivity contribution in [3.63, 3.8) is 0 Å². The van der Waals surface area contributed by atoms with Crippen LogP contribution < -0.4 is 0 Å². The van der Waals surface area contributed by atoms with Crippen molar-refractivity contribution in [1.29, 1.82) is 5.26 Å². The first-order valence-electron chi connectivity index (χ1n) is 5.34.